The molecule has 16 heteroatoms. The van der Waals surface area contributed by atoms with Gasteiger partial charge in [-0.25, -0.2) is 14.0 Å². The van der Waals surface area contributed by atoms with Crippen LogP contribution in [0.2, 0.25) is 0 Å². The molecule has 0 radical (unpaired) electrons. The Kier molecular flexibility index (Phi) is 10.9. The lowest BCUT2D eigenvalue weighted by Gasteiger charge is -2.36. The summed E-state index contributed by atoms with van der Waals surface area (Å²) in [6.45, 7) is 0.270. The van der Waals surface area contributed by atoms with Crippen molar-refractivity contribution in [2.24, 2.45) is 5.92 Å². The molecule has 4 rings (SSSR count). The zero-order chi connectivity index (χ0) is 34.8. The van der Waals surface area contributed by atoms with Crippen LogP contribution in [0, 0.1) is 11.7 Å². The van der Waals surface area contributed by atoms with Crippen LogP contribution in [0.25, 0.3) is 0 Å². The molecule has 2 aromatic rings. The Morgan fingerprint density at radius 3 is 1.94 bits per heavy atom. The van der Waals surface area contributed by atoms with Crippen molar-refractivity contribution in [2.45, 2.75) is 56.0 Å². The maximum atomic E-state index is 13.8. The third kappa shape index (κ3) is 8.22. The maximum Gasteiger partial charge on any atom is 0.416 e. The van der Waals surface area contributed by atoms with Gasteiger partial charge in [0.05, 0.1) is 17.2 Å². The first-order valence-corrected chi connectivity index (χ1v) is 15.4. The number of carbonyl (C=O) groups excluding carboxylic acids is 2. The fourth-order valence-electron chi connectivity index (χ4n) is 6.44. The lowest BCUT2D eigenvalue weighted by molar-refractivity contribution is -0.143. The third-order valence-corrected chi connectivity index (χ3v) is 9.17. The van der Waals surface area contributed by atoms with Gasteiger partial charge in [0.15, 0.2) is 0 Å². The maximum absolute atomic E-state index is 13.8. The molecule has 8 nitrogen and oxygen atoms in total. The van der Waals surface area contributed by atoms with E-state index >= 15 is 0 Å². The minimum Gasteiger partial charge on any atom is -0.465 e. The number of halogens is 8. The van der Waals surface area contributed by atoms with E-state index in [0.717, 1.165) is 7.05 Å². The van der Waals surface area contributed by atoms with Crippen molar-refractivity contribution in [3.8, 4) is 0 Å². The monoisotopic (exact) mass is 694 g/mol. The number of hydrogen-bond donors (Lipinski definition) is 1. The van der Waals surface area contributed by atoms with Crippen molar-refractivity contribution >= 4 is 35.3 Å². The molecule has 1 heterocycles. The van der Waals surface area contributed by atoms with Gasteiger partial charge in [-0.15, -0.1) is 11.6 Å². The summed E-state index contributed by atoms with van der Waals surface area (Å²) in [5, 5.41) is 9.53. The Morgan fingerprint density at radius 2 is 1.45 bits per heavy atom. The topological polar surface area (TPSA) is 84.4 Å². The minimum atomic E-state index is -5.11. The molecule has 2 fully saturated rings. The van der Waals surface area contributed by atoms with Gasteiger partial charge in [-0.1, -0.05) is 12.1 Å². The highest BCUT2D eigenvalue weighted by Crippen LogP contribution is 2.39. The molecule has 258 valence electrons. The molecule has 2 aromatic carbocycles. The second-order valence-electron chi connectivity index (χ2n) is 11.9. The molecule has 2 aliphatic rings. The molecule has 1 aliphatic carbocycles. The fraction of sp³-hybridized carbons (Fsp3) is 0.516. The molecule has 1 aliphatic heterocycles. The standard InChI is InChI=1S/C31H34ClF7N4O4/c1-40(24-14-20(30(34,35)36)13-21(15-24)31(37,38)39)28(45)41(2)26-17-42(16-25(26)18-3-7-22(33)8-4-18)27(44)19-5-9-23(10-6-19)43(12-11-32)29(46)47/h3-4,7-8,13-15,19,23,25-26H,5-6,9-12,16-17H2,1-2H3,(H,46,47)/t19-,23-,25-,26+/m0/s1. The van der Waals surface area contributed by atoms with Crippen molar-refractivity contribution in [3.63, 3.8) is 0 Å². The summed E-state index contributed by atoms with van der Waals surface area (Å²) in [6.07, 6.45) is -9.61. The van der Waals surface area contributed by atoms with Gasteiger partial charge < -0.3 is 19.8 Å². The van der Waals surface area contributed by atoms with E-state index in [2.05, 4.69) is 0 Å². The molecular weight excluding hydrogens is 661 g/mol. The summed E-state index contributed by atoms with van der Waals surface area (Å²) in [5.41, 5.74) is -3.20. The van der Waals surface area contributed by atoms with Crippen LogP contribution >= 0.6 is 11.6 Å². The largest absolute Gasteiger partial charge is 0.465 e. The van der Waals surface area contributed by atoms with Crippen LogP contribution in [-0.2, 0) is 17.1 Å². The zero-order valence-electron chi connectivity index (χ0n) is 25.5. The van der Waals surface area contributed by atoms with Crippen molar-refractivity contribution in [1.82, 2.24) is 14.7 Å². The first-order valence-electron chi connectivity index (χ1n) is 14.8. The summed E-state index contributed by atoms with van der Waals surface area (Å²) >= 11 is 5.76. The number of likely N-dealkylation sites (N-methyl/N-ethyl adjacent to an activating group) is 1. The SMILES string of the molecule is CN(C(=O)N(C)[C@@H]1CN(C(=O)[C@H]2CC[C@H](N(CCCl)C(=O)O)CC2)C[C@H]1c1ccc(F)cc1)c1cc(C(F)(F)F)cc(C(F)(F)F)c1. The molecule has 0 spiro atoms. The van der Waals surface area contributed by atoms with Crippen LogP contribution in [0.4, 0.5) is 46.0 Å². The van der Waals surface area contributed by atoms with Gasteiger partial charge in [0.25, 0.3) is 0 Å². The van der Waals surface area contributed by atoms with Crippen LogP contribution in [0.3, 0.4) is 0 Å². The Balaban J connectivity index is 1.57. The number of amides is 4. The Hall–Kier alpha value is -3.75. The number of benzene rings is 2. The number of anilines is 1. The minimum absolute atomic E-state index is 0.000770. The molecule has 1 saturated heterocycles. The smallest absolute Gasteiger partial charge is 0.416 e. The predicted octanol–water partition coefficient (Wildman–Crippen LogP) is 7.12. The third-order valence-electron chi connectivity index (χ3n) is 9.00. The van der Waals surface area contributed by atoms with Gasteiger partial charge in [0.1, 0.15) is 5.82 Å². The van der Waals surface area contributed by atoms with E-state index in [-0.39, 0.29) is 43.5 Å². The number of carboxylic acid groups (broad SMARTS) is 1. The van der Waals surface area contributed by atoms with E-state index in [1.807, 2.05) is 0 Å². The van der Waals surface area contributed by atoms with Crippen LogP contribution < -0.4 is 4.90 Å². The van der Waals surface area contributed by atoms with Gasteiger partial charge >= 0.3 is 24.5 Å². The molecule has 2 atom stereocenters. The highest BCUT2D eigenvalue weighted by Gasteiger charge is 2.44. The number of nitrogens with zero attached hydrogens (tertiary/aromatic N) is 4. The van der Waals surface area contributed by atoms with Crippen LogP contribution in [0.5, 0.6) is 0 Å². The lowest BCUT2D eigenvalue weighted by Crippen LogP contribution is -2.48. The number of likely N-dealkylation sites (tertiary alicyclic amines) is 1. The van der Waals surface area contributed by atoms with E-state index in [1.165, 1.54) is 41.1 Å². The first-order chi connectivity index (χ1) is 21.9. The van der Waals surface area contributed by atoms with Gasteiger partial charge in [0, 0.05) is 63.2 Å². The predicted molar refractivity (Wildman–Crippen MR) is 159 cm³/mol. The molecule has 0 bridgehead atoms. The number of alkyl halides is 7. The molecule has 1 N–H and O–H groups in total. The zero-order valence-corrected chi connectivity index (χ0v) is 26.2. The Labute approximate surface area is 271 Å². The number of carbonyl (C=O) groups is 3. The average molecular weight is 695 g/mol. The van der Waals surface area contributed by atoms with Gasteiger partial charge in [-0.3, -0.25) is 9.69 Å². The van der Waals surface area contributed by atoms with Crippen LogP contribution in [0.1, 0.15) is 48.3 Å². The fourth-order valence-corrected chi connectivity index (χ4v) is 6.62. The second kappa shape index (κ2) is 14.2. The Bertz CT molecular complexity index is 1420. The molecular formula is C31H34ClF7N4O4. The lowest BCUT2D eigenvalue weighted by atomic mass is 9.84. The highest BCUT2D eigenvalue weighted by molar-refractivity contribution is 6.18. The Morgan fingerprint density at radius 1 is 0.894 bits per heavy atom. The van der Waals surface area contributed by atoms with Crippen molar-refractivity contribution in [3.05, 3.63) is 65.0 Å². The van der Waals surface area contributed by atoms with Crippen molar-refractivity contribution in [1.29, 1.82) is 0 Å². The highest BCUT2D eigenvalue weighted by atomic mass is 35.5. The van der Waals surface area contributed by atoms with Crippen molar-refractivity contribution < 1.29 is 50.2 Å². The number of urea groups is 1. The summed E-state index contributed by atoms with van der Waals surface area (Å²) in [4.78, 5) is 43.7. The van der Waals surface area contributed by atoms with Crippen LogP contribution in [-0.4, -0.2) is 89.5 Å². The normalized spacial score (nSPS) is 21.8. The van der Waals surface area contributed by atoms with E-state index in [1.54, 1.807) is 4.90 Å². The summed E-state index contributed by atoms with van der Waals surface area (Å²) in [6, 6.07) is 4.32. The van der Waals surface area contributed by atoms with E-state index in [4.69, 9.17) is 11.6 Å². The first kappa shape index (κ1) is 36.1. The van der Waals surface area contributed by atoms with Crippen LogP contribution in [0.15, 0.2) is 42.5 Å². The average Bonchev–Trinajstić information content (AvgIpc) is 3.47. The summed E-state index contributed by atoms with van der Waals surface area (Å²) in [5.74, 6) is -1.60. The molecule has 4 amide bonds. The number of rotatable bonds is 7. The van der Waals surface area contributed by atoms with E-state index in [9.17, 15) is 50.2 Å². The summed E-state index contributed by atoms with van der Waals surface area (Å²) in [7, 11) is 2.40. The van der Waals surface area contributed by atoms with Gasteiger partial charge in [0.2, 0.25) is 5.91 Å². The van der Waals surface area contributed by atoms with Gasteiger partial charge in [-0.05, 0) is 61.6 Å². The number of hydrogen-bond acceptors (Lipinski definition) is 3. The summed E-state index contributed by atoms with van der Waals surface area (Å²) < 4.78 is 94.8. The van der Waals surface area contributed by atoms with E-state index in [0.29, 0.717) is 48.3 Å². The van der Waals surface area contributed by atoms with Crippen molar-refractivity contribution in [2.75, 3.05) is 44.5 Å². The molecule has 47 heavy (non-hydrogen) atoms. The van der Waals surface area contributed by atoms with E-state index < -0.39 is 65.0 Å². The van der Waals surface area contributed by atoms with Gasteiger partial charge in [-0.2, -0.15) is 26.3 Å². The molecule has 1 saturated carbocycles. The molecule has 0 aromatic heterocycles. The molecule has 0 unspecified atom stereocenters. The quantitative estimate of drug-likeness (QED) is 0.247. The second-order valence-corrected chi connectivity index (χ2v) is 12.2.